The lowest BCUT2D eigenvalue weighted by Gasteiger charge is -2.31. The van der Waals surface area contributed by atoms with Gasteiger partial charge in [-0.15, -0.1) is 0 Å². The molecule has 170 valence electrons. The van der Waals surface area contributed by atoms with Crippen molar-refractivity contribution in [2.75, 3.05) is 10.6 Å². The quantitative estimate of drug-likeness (QED) is 0.220. The number of nitrogens with one attached hydrogen (secondary N) is 2. The Morgan fingerprint density at radius 2 is 0.824 bits per heavy atom. The number of hydrogen-bond donors (Lipinski definition) is 2. The normalized spacial score (nSPS) is 12.4. The fourth-order valence-electron chi connectivity index (χ4n) is 3.75. The molecule has 0 saturated carbocycles. The van der Waals surface area contributed by atoms with E-state index in [1.807, 2.05) is 60.7 Å². The van der Waals surface area contributed by atoms with Gasteiger partial charge in [-0.2, -0.15) is 0 Å². The highest BCUT2D eigenvalue weighted by atomic mass is 16.6. The minimum atomic E-state index is -0.431. The zero-order chi connectivity index (χ0) is 23.9. The Bertz CT molecular complexity index is 1150. The van der Waals surface area contributed by atoms with E-state index in [9.17, 15) is 20.2 Å². The van der Waals surface area contributed by atoms with E-state index in [2.05, 4.69) is 10.6 Å². The van der Waals surface area contributed by atoms with Gasteiger partial charge < -0.3 is 10.6 Å². The summed E-state index contributed by atoms with van der Waals surface area (Å²) in [6.07, 6.45) is 0. The van der Waals surface area contributed by atoms with Crippen LogP contribution >= 0.6 is 0 Å². The molecule has 4 aromatic rings. The van der Waals surface area contributed by atoms with Gasteiger partial charge in [0.15, 0.2) is 0 Å². The maximum absolute atomic E-state index is 11.2. The molecule has 0 heterocycles. The zero-order valence-electron chi connectivity index (χ0n) is 18.1. The van der Waals surface area contributed by atoms with Gasteiger partial charge in [0, 0.05) is 35.6 Å². The number of para-hydroxylation sites is 2. The lowest BCUT2D eigenvalue weighted by Crippen LogP contribution is -2.25. The maximum Gasteiger partial charge on any atom is 0.269 e. The topological polar surface area (TPSA) is 110 Å². The van der Waals surface area contributed by atoms with E-state index in [4.69, 9.17) is 0 Å². The Kier molecular flexibility index (Phi) is 6.78. The molecule has 8 heteroatoms. The van der Waals surface area contributed by atoms with E-state index < -0.39 is 9.85 Å². The average Bonchev–Trinajstić information content (AvgIpc) is 2.87. The van der Waals surface area contributed by atoms with Crippen LogP contribution in [0, 0.1) is 20.2 Å². The van der Waals surface area contributed by atoms with Gasteiger partial charge in [0.25, 0.3) is 11.4 Å². The molecule has 0 fully saturated rings. The van der Waals surface area contributed by atoms with Crippen LogP contribution in [0.25, 0.3) is 0 Å². The van der Waals surface area contributed by atoms with E-state index in [0.29, 0.717) is 0 Å². The smallest absolute Gasteiger partial charge is 0.269 e. The Hall–Kier alpha value is -4.72. The van der Waals surface area contributed by atoms with E-state index in [0.717, 1.165) is 22.5 Å². The van der Waals surface area contributed by atoms with Crippen molar-refractivity contribution < 1.29 is 9.85 Å². The van der Waals surface area contributed by atoms with E-state index >= 15 is 0 Å². The maximum atomic E-state index is 11.2. The first-order chi connectivity index (χ1) is 16.5. The van der Waals surface area contributed by atoms with Gasteiger partial charge >= 0.3 is 0 Å². The van der Waals surface area contributed by atoms with E-state index in [-0.39, 0.29) is 23.5 Å². The van der Waals surface area contributed by atoms with E-state index in [1.165, 1.54) is 24.3 Å². The number of nitro benzene ring substituents is 2. The third kappa shape index (κ3) is 5.36. The average molecular weight is 454 g/mol. The van der Waals surface area contributed by atoms with Crippen LogP contribution in [0.2, 0.25) is 0 Å². The van der Waals surface area contributed by atoms with Crippen molar-refractivity contribution in [3.63, 3.8) is 0 Å². The first-order valence-corrected chi connectivity index (χ1v) is 10.6. The summed E-state index contributed by atoms with van der Waals surface area (Å²) in [5.74, 6) is 0. The highest BCUT2D eigenvalue weighted by Crippen LogP contribution is 2.36. The van der Waals surface area contributed by atoms with Crippen LogP contribution in [-0.4, -0.2) is 9.85 Å². The fourth-order valence-corrected chi connectivity index (χ4v) is 3.75. The lowest BCUT2D eigenvalue weighted by molar-refractivity contribution is -0.385. The molecule has 0 spiro atoms. The van der Waals surface area contributed by atoms with Crippen molar-refractivity contribution in [3.05, 3.63) is 141 Å². The SMILES string of the molecule is O=[N+]([O-])c1ccc([C@H](Nc2ccccc2)[C@@H](Nc2ccccc2)c2ccc([N+](=O)[O-])cc2)cc1. The summed E-state index contributed by atoms with van der Waals surface area (Å²) >= 11 is 0. The highest BCUT2D eigenvalue weighted by molar-refractivity contribution is 5.52. The lowest BCUT2D eigenvalue weighted by atomic mass is 9.92. The Morgan fingerprint density at radius 1 is 0.500 bits per heavy atom. The van der Waals surface area contributed by atoms with Gasteiger partial charge in [-0.1, -0.05) is 60.7 Å². The van der Waals surface area contributed by atoms with Gasteiger partial charge in [-0.05, 0) is 35.4 Å². The fraction of sp³-hybridized carbons (Fsp3) is 0.0769. The molecule has 0 amide bonds. The monoisotopic (exact) mass is 454 g/mol. The third-order valence-corrected chi connectivity index (χ3v) is 5.45. The number of hydrogen-bond acceptors (Lipinski definition) is 6. The van der Waals surface area contributed by atoms with E-state index in [1.54, 1.807) is 24.3 Å². The third-order valence-electron chi connectivity index (χ3n) is 5.45. The second-order valence-electron chi connectivity index (χ2n) is 7.67. The van der Waals surface area contributed by atoms with Gasteiger partial charge in [0.1, 0.15) is 0 Å². The number of anilines is 2. The molecular weight excluding hydrogens is 432 g/mol. The molecule has 0 aliphatic heterocycles. The number of non-ortho nitro benzene ring substituents is 2. The summed E-state index contributed by atoms with van der Waals surface area (Å²) in [6, 6.07) is 31.4. The van der Waals surface area contributed by atoms with Crippen molar-refractivity contribution in [2.45, 2.75) is 12.1 Å². The van der Waals surface area contributed by atoms with Crippen molar-refractivity contribution in [3.8, 4) is 0 Å². The molecule has 4 rings (SSSR count). The molecule has 8 nitrogen and oxygen atoms in total. The van der Waals surface area contributed by atoms with Gasteiger partial charge in [-0.3, -0.25) is 20.2 Å². The van der Waals surface area contributed by atoms with Crippen LogP contribution in [0.4, 0.5) is 22.7 Å². The highest BCUT2D eigenvalue weighted by Gasteiger charge is 2.26. The molecule has 0 saturated heterocycles. The van der Waals surface area contributed by atoms with Crippen molar-refractivity contribution in [1.82, 2.24) is 0 Å². The van der Waals surface area contributed by atoms with Crippen LogP contribution in [0.15, 0.2) is 109 Å². The molecule has 34 heavy (non-hydrogen) atoms. The molecular formula is C26H22N4O4. The molecule has 0 aliphatic carbocycles. The molecule has 2 atom stereocenters. The number of rotatable bonds is 9. The largest absolute Gasteiger partial charge is 0.376 e. The molecule has 4 aromatic carbocycles. The first kappa shape index (κ1) is 22.5. The molecule has 2 N–H and O–H groups in total. The van der Waals surface area contributed by atoms with Crippen LogP contribution in [-0.2, 0) is 0 Å². The summed E-state index contributed by atoms with van der Waals surface area (Å²) in [7, 11) is 0. The molecule has 0 unspecified atom stereocenters. The Morgan fingerprint density at radius 3 is 1.12 bits per heavy atom. The zero-order valence-corrected chi connectivity index (χ0v) is 18.1. The van der Waals surface area contributed by atoms with Gasteiger partial charge in [0.2, 0.25) is 0 Å². The number of nitrogens with zero attached hydrogens (tertiary/aromatic N) is 2. The standard InChI is InChI=1S/C26H22N4O4/c31-29(32)23-15-11-19(12-16-23)25(27-21-7-3-1-4-8-21)26(28-22-9-5-2-6-10-22)20-13-17-24(18-14-20)30(33)34/h1-18,25-28H/t25-,26-/m0/s1. The molecule has 0 aliphatic rings. The van der Waals surface area contributed by atoms with Crippen molar-refractivity contribution >= 4 is 22.7 Å². The van der Waals surface area contributed by atoms with Crippen molar-refractivity contribution in [2.24, 2.45) is 0 Å². The molecule has 0 aromatic heterocycles. The first-order valence-electron chi connectivity index (χ1n) is 10.6. The summed E-state index contributed by atoms with van der Waals surface area (Å²) < 4.78 is 0. The number of nitro groups is 2. The summed E-state index contributed by atoms with van der Waals surface area (Å²) in [5, 5.41) is 29.4. The van der Waals surface area contributed by atoms with Crippen LogP contribution < -0.4 is 10.6 Å². The summed E-state index contributed by atoms with van der Waals surface area (Å²) in [4.78, 5) is 21.5. The van der Waals surface area contributed by atoms with Crippen molar-refractivity contribution in [1.29, 1.82) is 0 Å². The minimum absolute atomic E-state index is 0.00474. The Labute approximate surface area is 196 Å². The van der Waals surface area contributed by atoms with Crippen LogP contribution in [0.5, 0.6) is 0 Å². The summed E-state index contributed by atoms with van der Waals surface area (Å²) in [5.41, 5.74) is 3.39. The second-order valence-corrected chi connectivity index (χ2v) is 7.67. The van der Waals surface area contributed by atoms with Crippen LogP contribution in [0.1, 0.15) is 23.2 Å². The second kappa shape index (κ2) is 10.3. The van der Waals surface area contributed by atoms with Crippen LogP contribution in [0.3, 0.4) is 0 Å². The molecule has 0 bridgehead atoms. The molecule has 0 radical (unpaired) electrons. The predicted octanol–water partition coefficient (Wildman–Crippen LogP) is 6.51. The van der Waals surface area contributed by atoms with Gasteiger partial charge in [-0.25, -0.2) is 0 Å². The Balaban J connectivity index is 1.79. The number of benzene rings is 4. The van der Waals surface area contributed by atoms with Gasteiger partial charge in [0.05, 0.1) is 21.9 Å². The summed E-state index contributed by atoms with van der Waals surface area (Å²) in [6.45, 7) is 0. The minimum Gasteiger partial charge on any atom is -0.376 e. The predicted molar refractivity (Wildman–Crippen MR) is 132 cm³/mol.